The predicted molar refractivity (Wildman–Crippen MR) is 61.5 cm³/mol. The summed E-state index contributed by atoms with van der Waals surface area (Å²) >= 11 is 0. The average molecular weight is 213 g/mol. The first-order valence-electron chi connectivity index (χ1n) is 5.88. The standard InChI is InChI=1S/C11H23N3O/c1-3-13-10(11(12)15)8-14(2)9-6-4-5-7-9/h9-10,13H,3-8H2,1-2H3,(H2,12,15). The topological polar surface area (TPSA) is 58.4 Å². The summed E-state index contributed by atoms with van der Waals surface area (Å²) in [4.78, 5) is 13.4. The normalized spacial score (nSPS) is 19.7. The lowest BCUT2D eigenvalue weighted by molar-refractivity contribution is -0.120. The third-order valence-corrected chi connectivity index (χ3v) is 3.21. The molecule has 1 rings (SSSR count). The Balaban J connectivity index is 2.38. The summed E-state index contributed by atoms with van der Waals surface area (Å²) in [7, 11) is 2.09. The molecule has 1 aliphatic carbocycles. The lowest BCUT2D eigenvalue weighted by Crippen LogP contribution is -2.49. The van der Waals surface area contributed by atoms with Crippen molar-refractivity contribution in [3.05, 3.63) is 0 Å². The Morgan fingerprint density at radius 3 is 2.60 bits per heavy atom. The van der Waals surface area contributed by atoms with Crippen molar-refractivity contribution in [1.29, 1.82) is 0 Å². The first kappa shape index (κ1) is 12.5. The molecule has 1 atom stereocenters. The maximum absolute atomic E-state index is 11.2. The number of likely N-dealkylation sites (N-methyl/N-ethyl adjacent to an activating group) is 2. The Morgan fingerprint density at radius 2 is 2.13 bits per heavy atom. The maximum atomic E-state index is 11.2. The van der Waals surface area contributed by atoms with Crippen molar-refractivity contribution in [2.75, 3.05) is 20.1 Å². The Kier molecular flexibility index (Phi) is 5.05. The number of carbonyl (C=O) groups excluding carboxylic acids is 1. The highest BCUT2D eigenvalue weighted by Gasteiger charge is 2.23. The molecular formula is C11H23N3O. The third-order valence-electron chi connectivity index (χ3n) is 3.21. The van der Waals surface area contributed by atoms with Crippen LogP contribution in [0.4, 0.5) is 0 Å². The minimum absolute atomic E-state index is 0.208. The lowest BCUT2D eigenvalue weighted by Gasteiger charge is -2.27. The lowest BCUT2D eigenvalue weighted by atomic mass is 10.2. The van der Waals surface area contributed by atoms with Gasteiger partial charge in [-0.15, -0.1) is 0 Å². The molecule has 0 heterocycles. The molecule has 0 radical (unpaired) electrons. The summed E-state index contributed by atoms with van der Waals surface area (Å²) in [6, 6.07) is 0.436. The zero-order chi connectivity index (χ0) is 11.3. The highest BCUT2D eigenvalue weighted by molar-refractivity contribution is 5.80. The second kappa shape index (κ2) is 6.08. The van der Waals surface area contributed by atoms with Gasteiger partial charge in [0.2, 0.25) is 5.91 Å². The number of carbonyl (C=O) groups is 1. The molecule has 0 aromatic carbocycles. The van der Waals surface area contributed by atoms with Crippen molar-refractivity contribution < 1.29 is 4.79 Å². The highest BCUT2D eigenvalue weighted by atomic mass is 16.1. The van der Waals surface area contributed by atoms with E-state index in [1.165, 1.54) is 25.7 Å². The SMILES string of the molecule is CCNC(CN(C)C1CCCC1)C(N)=O. The zero-order valence-electron chi connectivity index (χ0n) is 9.83. The van der Waals surface area contributed by atoms with Gasteiger partial charge >= 0.3 is 0 Å². The fourth-order valence-electron chi connectivity index (χ4n) is 2.28. The van der Waals surface area contributed by atoms with Crippen molar-refractivity contribution in [3.63, 3.8) is 0 Å². The van der Waals surface area contributed by atoms with E-state index < -0.39 is 0 Å². The van der Waals surface area contributed by atoms with E-state index in [1.807, 2.05) is 6.92 Å². The number of amides is 1. The van der Waals surface area contributed by atoms with Crippen LogP contribution in [0, 0.1) is 0 Å². The van der Waals surface area contributed by atoms with Gasteiger partial charge in [0.05, 0.1) is 6.04 Å². The fourth-order valence-corrected chi connectivity index (χ4v) is 2.28. The van der Waals surface area contributed by atoms with Crippen LogP contribution >= 0.6 is 0 Å². The molecule has 3 N–H and O–H groups in total. The minimum Gasteiger partial charge on any atom is -0.368 e. The van der Waals surface area contributed by atoms with E-state index in [-0.39, 0.29) is 11.9 Å². The molecule has 0 aromatic rings. The molecule has 0 aromatic heterocycles. The monoisotopic (exact) mass is 213 g/mol. The van der Waals surface area contributed by atoms with Crippen LogP contribution < -0.4 is 11.1 Å². The summed E-state index contributed by atoms with van der Waals surface area (Å²) in [5.41, 5.74) is 5.34. The van der Waals surface area contributed by atoms with Crippen LogP contribution in [0.1, 0.15) is 32.6 Å². The molecule has 1 amide bonds. The van der Waals surface area contributed by atoms with Crippen molar-refractivity contribution in [3.8, 4) is 0 Å². The Hall–Kier alpha value is -0.610. The molecule has 0 bridgehead atoms. The number of hydrogen-bond acceptors (Lipinski definition) is 3. The molecule has 88 valence electrons. The molecule has 1 unspecified atom stereocenters. The first-order valence-corrected chi connectivity index (χ1v) is 5.88. The van der Waals surface area contributed by atoms with Crippen LogP contribution in [0.15, 0.2) is 0 Å². The number of nitrogens with zero attached hydrogens (tertiary/aromatic N) is 1. The zero-order valence-corrected chi connectivity index (χ0v) is 9.83. The van der Waals surface area contributed by atoms with Gasteiger partial charge in [-0.1, -0.05) is 19.8 Å². The number of hydrogen-bond donors (Lipinski definition) is 2. The summed E-state index contributed by atoms with van der Waals surface area (Å²) in [5.74, 6) is -0.248. The first-order chi connectivity index (χ1) is 7.15. The molecule has 0 aliphatic heterocycles. The van der Waals surface area contributed by atoms with E-state index in [0.717, 1.165) is 13.1 Å². The second-order valence-electron chi connectivity index (χ2n) is 4.39. The molecule has 4 heteroatoms. The highest BCUT2D eigenvalue weighted by Crippen LogP contribution is 2.22. The number of primary amides is 1. The van der Waals surface area contributed by atoms with E-state index in [0.29, 0.717) is 6.04 Å². The van der Waals surface area contributed by atoms with Crippen LogP contribution in [-0.4, -0.2) is 43.0 Å². The molecule has 1 saturated carbocycles. The van der Waals surface area contributed by atoms with Gasteiger partial charge in [-0.25, -0.2) is 0 Å². The largest absolute Gasteiger partial charge is 0.368 e. The van der Waals surface area contributed by atoms with E-state index in [1.54, 1.807) is 0 Å². The van der Waals surface area contributed by atoms with Crippen molar-refractivity contribution in [1.82, 2.24) is 10.2 Å². The Morgan fingerprint density at radius 1 is 1.53 bits per heavy atom. The van der Waals surface area contributed by atoms with Crippen LogP contribution in [0.3, 0.4) is 0 Å². The van der Waals surface area contributed by atoms with E-state index >= 15 is 0 Å². The van der Waals surface area contributed by atoms with Crippen LogP contribution in [0.2, 0.25) is 0 Å². The van der Waals surface area contributed by atoms with Gasteiger partial charge in [-0.3, -0.25) is 4.79 Å². The van der Waals surface area contributed by atoms with Gasteiger partial charge in [-0.2, -0.15) is 0 Å². The number of rotatable bonds is 6. The Bertz CT molecular complexity index is 202. The molecule has 0 saturated heterocycles. The quantitative estimate of drug-likeness (QED) is 0.668. The Labute approximate surface area is 92.2 Å². The third kappa shape index (κ3) is 3.80. The van der Waals surface area contributed by atoms with E-state index in [4.69, 9.17) is 5.73 Å². The number of nitrogens with one attached hydrogen (secondary N) is 1. The minimum atomic E-state index is -0.248. The molecule has 0 spiro atoms. The van der Waals surface area contributed by atoms with Crippen LogP contribution in [-0.2, 0) is 4.79 Å². The second-order valence-corrected chi connectivity index (χ2v) is 4.39. The molecule has 4 nitrogen and oxygen atoms in total. The van der Waals surface area contributed by atoms with Gasteiger partial charge < -0.3 is 16.0 Å². The summed E-state index contributed by atoms with van der Waals surface area (Å²) < 4.78 is 0. The van der Waals surface area contributed by atoms with Crippen molar-refractivity contribution in [2.45, 2.75) is 44.7 Å². The van der Waals surface area contributed by atoms with Crippen molar-refractivity contribution >= 4 is 5.91 Å². The molecule has 1 aliphatic rings. The van der Waals surface area contributed by atoms with Crippen LogP contribution in [0.5, 0.6) is 0 Å². The van der Waals surface area contributed by atoms with Gasteiger partial charge in [0, 0.05) is 12.6 Å². The van der Waals surface area contributed by atoms with Gasteiger partial charge in [0.1, 0.15) is 0 Å². The van der Waals surface area contributed by atoms with E-state index in [2.05, 4.69) is 17.3 Å². The molecule has 15 heavy (non-hydrogen) atoms. The molecule has 1 fully saturated rings. The summed E-state index contributed by atoms with van der Waals surface area (Å²) in [6.45, 7) is 3.51. The summed E-state index contributed by atoms with van der Waals surface area (Å²) in [5, 5.41) is 3.12. The van der Waals surface area contributed by atoms with E-state index in [9.17, 15) is 4.79 Å². The predicted octanol–water partition coefficient (Wildman–Crippen LogP) is 0.324. The molecular weight excluding hydrogens is 190 g/mol. The summed E-state index contributed by atoms with van der Waals surface area (Å²) in [6.07, 6.45) is 5.15. The average Bonchev–Trinajstić information content (AvgIpc) is 2.69. The number of nitrogens with two attached hydrogens (primary N) is 1. The van der Waals surface area contributed by atoms with Crippen LogP contribution in [0.25, 0.3) is 0 Å². The maximum Gasteiger partial charge on any atom is 0.235 e. The van der Waals surface area contributed by atoms with Gasteiger partial charge in [0.25, 0.3) is 0 Å². The van der Waals surface area contributed by atoms with Crippen molar-refractivity contribution in [2.24, 2.45) is 5.73 Å². The van der Waals surface area contributed by atoms with Gasteiger partial charge in [-0.05, 0) is 26.4 Å². The fraction of sp³-hybridized carbons (Fsp3) is 0.909. The smallest absolute Gasteiger partial charge is 0.235 e. The van der Waals surface area contributed by atoms with Gasteiger partial charge in [0.15, 0.2) is 0 Å².